The minimum absolute atomic E-state index is 0.0108. The van der Waals surface area contributed by atoms with Crippen LogP contribution in [0.3, 0.4) is 0 Å². The van der Waals surface area contributed by atoms with Crippen molar-refractivity contribution in [1.29, 1.82) is 0 Å². The summed E-state index contributed by atoms with van der Waals surface area (Å²) in [6.07, 6.45) is 7.17. The van der Waals surface area contributed by atoms with E-state index in [0.717, 1.165) is 22.3 Å². The number of allylic oxidation sites excluding steroid dienone is 2. The van der Waals surface area contributed by atoms with Crippen molar-refractivity contribution in [1.82, 2.24) is 4.98 Å². The molecule has 5 nitrogen and oxygen atoms in total. The van der Waals surface area contributed by atoms with Gasteiger partial charge in [-0.15, -0.1) is 11.3 Å². The first-order valence-corrected chi connectivity index (χ1v) is 9.54. The van der Waals surface area contributed by atoms with Gasteiger partial charge < -0.3 is 10.4 Å². The van der Waals surface area contributed by atoms with Crippen molar-refractivity contribution >= 4 is 39.1 Å². The number of carbonyl (C=O) groups is 2. The lowest BCUT2D eigenvalue weighted by Gasteiger charge is -2.23. The van der Waals surface area contributed by atoms with E-state index in [0.29, 0.717) is 5.92 Å². The van der Waals surface area contributed by atoms with Crippen molar-refractivity contribution in [2.75, 3.05) is 5.32 Å². The highest BCUT2D eigenvalue weighted by atomic mass is 32.1. The van der Waals surface area contributed by atoms with Crippen LogP contribution in [-0.4, -0.2) is 22.0 Å². The molecule has 0 saturated heterocycles. The lowest BCUT2D eigenvalue weighted by atomic mass is 9.82. The van der Waals surface area contributed by atoms with E-state index in [4.69, 9.17) is 0 Å². The largest absolute Gasteiger partial charge is 0.481 e. The van der Waals surface area contributed by atoms with Crippen LogP contribution in [0.5, 0.6) is 0 Å². The van der Waals surface area contributed by atoms with Crippen molar-refractivity contribution in [3.05, 3.63) is 35.4 Å². The molecule has 1 heterocycles. The van der Waals surface area contributed by atoms with Gasteiger partial charge in [0.05, 0.1) is 27.1 Å². The summed E-state index contributed by atoms with van der Waals surface area (Å²) in [5, 5.41) is 13.6. The molecule has 2 saturated carbocycles. The summed E-state index contributed by atoms with van der Waals surface area (Å²) in [5.41, 5.74) is 1.69. The predicted octanol–water partition coefficient (Wildman–Crippen LogP) is 3.64. The number of amides is 1. The molecule has 1 aromatic carbocycles. The molecule has 1 aromatic heterocycles. The molecule has 6 heteroatoms. The number of benzene rings is 1. The van der Waals surface area contributed by atoms with Gasteiger partial charge in [-0.05, 0) is 49.3 Å². The number of anilines is 1. The van der Waals surface area contributed by atoms with Gasteiger partial charge in [0.15, 0.2) is 0 Å². The second-order valence-electron chi connectivity index (χ2n) is 7.34. The normalized spacial score (nSPS) is 30.1. The maximum absolute atomic E-state index is 12.8. The molecular weight excluding hydrogens is 336 g/mol. The molecule has 5 rings (SSSR count). The average molecular weight is 354 g/mol. The Balaban J connectivity index is 1.39. The molecule has 3 aliphatic rings. The highest BCUT2D eigenvalue weighted by molar-refractivity contribution is 7.18. The smallest absolute Gasteiger partial charge is 0.307 e. The fraction of sp³-hybridized carbons (Fsp3) is 0.421. The van der Waals surface area contributed by atoms with Crippen LogP contribution in [0, 0.1) is 23.7 Å². The number of carboxylic acids is 1. The number of nitrogens with one attached hydrogen (secondary N) is 1. The zero-order valence-corrected chi connectivity index (χ0v) is 14.3. The third-order valence-corrected chi connectivity index (χ3v) is 6.83. The summed E-state index contributed by atoms with van der Waals surface area (Å²) in [5.74, 6) is -1.49. The Kier molecular flexibility index (Phi) is 3.25. The van der Waals surface area contributed by atoms with Crippen LogP contribution in [0.1, 0.15) is 30.2 Å². The van der Waals surface area contributed by atoms with Crippen molar-refractivity contribution in [2.24, 2.45) is 23.7 Å². The summed E-state index contributed by atoms with van der Waals surface area (Å²) < 4.78 is 1.07. The molecule has 1 amide bonds. The molecule has 0 unspecified atom stereocenters. The first-order chi connectivity index (χ1) is 12.1. The van der Waals surface area contributed by atoms with Gasteiger partial charge in [0, 0.05) is 11.6 Å². The van der Waals surface area contributed by atoms with Gasteiger partial charge in [-0.25, -0.2) is 4.98 Å². The number of aliphatic carboxylic acids is 1. The molecule has 25 heavy (non-hydrogen) atoms. The highest BCUT2D eigenvalue weighted by Crippen LogP contribution is 2.48. The third-order valence-electron chi connectivity index (χ3n) is 5.65. The molecule has 0 spiro atoms. The van der Waals surface area contributed by atoms with Gasteiger partial charge in [-0.3, -0.25) is 9.59 Å². The third kappa shape index (κ3) is 2.47. The molecule has 3 aliphatic carbocycles. The first kappa shape index (κ1) is 15.1. The van der Waals surface area contributed by atoms with E-state index in [1.165, 1.54) is 17.8 Å². The second kappa shape index (κ2) is 5.39. The number of fused-ring (bicyclic) bond motifs is 3. The zero-order chi connectivity index (χ0) is 17.1. The maximum Gasteiger partial charge on any atom is 0.307 e. The number of carbonyl (C=O) groups excluding carboxylic acids is 1. The van der Waals surface area contributed by atoms with Crippen molar-refractivity contribution in [3.63, 3.8) is 0 Å². The van der Waals surface area contributed by atoms with E-state index in [2.05, 4.69) is 10.3 Å². The molecule has 128 valence electrons. The number of aromatic nitrogens is 1. The fourth-order valence-corrected chi connectivity index (χ4v) is 5.44. The molecule has 0 radical (unpaired) electrons. The predicted molar refractivity (Wildman–Crippen MR) is 95.6 cm³/mol. The monoisotopic (exact) mass is 354 g/mol. The number of nitrogens with zero attached hydrogens (tertiary/aromatic N) is 1. The minimum atomic E-state index is -0.871. The number of thiazole rings is 1. The summed E-state index contributed by atoms with van der Waals surface area (Å²) in [7, 11) is 0. The molecule has 2 aromatic rings. The van der Waals surface area contributed by atoms with Crippen LogP contribution in [0.2, 0.25) is 0 Å². The minimum Gasteiger partial charge on any atom is -0.481 e. The number of carboxylic acid groups (broad SMARTS) is 1. The van der Waals surface area contributed by atoms with E-state index >= 15 is 0 Å². The SMILES string of the molecule is O=C(O)[C@@H]1[C@@H](C(=O)Nc2ccc3nc(C4CC4)sc3c2)[C@H]2C=C[C@H]1C2. The Morgan fingerprint density at radius 1 is 1.16 bits per heavy atom. The summed E-state index contributed by atoms with van der Waals surface area (Å²) in [6.45, 7) is 0. The van der Waals surface area contributed by atoms with Gasteiger partial charge in [-0.1, -0.05) is 12.2 Å². The standard InChI is InChI=1S/C19H18N2O3S/c22-17(15-10-3-4-11(7-10)16(15)19(23)24)20-12-5-6-13-14(8-12)25-18(21-13)9-1-2-9/h3-6,8-11,15-16H,1-2,7H2,(H,20,22)(H,23,24)/t10-,11-,15-,16-/m0/s1. The van der Waals surface area contributed by atoms with E-state index in [1.54, 1.807) is 11.3 Å². The van der Waals surface area contributed by atoms with Gasteiger partial charge >= 0.3 is 5.97 Å². The first-order valence-electron chi connectivity index (χ1n) is 8.72. The Morgan fingerprint density at radius 3 is 2.64 bits per heavy atom. The lowest BCUT2D eigenvalue weighted by Crippen LogP contribution is -2.36. The zero-order valence-electron chi connectivity index (χ0n) is 13.5. The average Bonchev–Trinajstić information content (AvgIpc) is 3.04. The summed E-state index contributed by atoms with van der Waals surface area (Å²) in [4.78, 5) is 29.0. The van der Waals surface area contributed by atoms with E-state index in [9.17, 15) is 14.7 Å². The summed E-state index contributed by atoms with van der Waals surface area (Å²) in [6, 6.07) is 5.74. The maximum atomic E-state index is 12.8. The van der Waals surface area contributed by atoms with Crippen molar-refractivity contribution < 1.29 is 14.7 Å². The topological polar surface area (TPSA) is 79.3 Å². The fourth-order valence-electron chi connectivity index (χ4n) is 4.27. The number of rotatable bonds is 4. The van der Waals surface area contributed by atoms with Gasteiger partial charge in [0.25, 0.3) is 0 Å². The number of hydrogen-bond donors (Lipinski definition) is 2. The summed E-state index contributed by atoms with van der Waals surface area (Å²) >= 11 is 1.69. The molecule has 2 fully saturated rings. The molecule has 0 aliphatic heterocycles. The second-order valence-corrected chi connectivity index (χ2v) is 8.40. The Bertz CT molecular complexity index is 915. The molecule has 2 bridgehead atoms. The Hall–Kier alpha value is -2.21. The quantitative estimate of drug-likeness (QED) is 0.822. The van der Waals surface area contributed by atoms with Gasteiger partial charge in [0.2, 0.25) is 5.91 Å². The van der Waals surface area contributed by atoms with Crippen LogP contribution < -0.4 is 5.32 Å². The van der Waals surface area contributed by atoms with E-state index in [1.807, 2.05) is 30.4 Å². The van der Waals surface area contributed by atoms with Crippen LogP contribution in [0.15, 0.2) is 30.4 Å². The highest BCUT2D eigenvalue weighted by Gasteiger charge is 2.51. The van der Waals surface area contributed by atoms with Crippen LogP contribution >= 0.6 is 11.3 Å². The van der Waals surface area contributed by atoms with Gasteiger partial charge in [0.1, 0.15) is 0 Å². The van der Waals surface area contributed by atoms with E-state index < -0.39 is 17.8 Å². The van der Waals surface area contributed by atoms with Crippen molar-refractivity contribution in [3.8, 4) is 0 Å². The molecule has 4 atom stereocenters. The number of hydrogen-bond acceptors (Lipinski definition) is 4. The van der Waals surface area contributed by atoms with E-state index in [-0.39, 0.29) is 17.7 Å². The van der Waals surface area contributed by atoms with Crippen LogP contribution in [0.25, 0.3) is 10.2 Å². The van der Waals surface area contributed by atoms with Crippen LogP contribution in [0.4, 0.5) is 5.69 Å². The molecular formula is C19H18N2O3S. The van der Waals surface area contributed by atoms with Crippen molar-refractivity contribution in [2.45, 2.75) is 25.2 Å². The van der Waals surface area contributed by atoms with Gasteiger partial charge in [-0.2, -0.15) is 0 Å². The lowest BCUT2D eigenvalue weighted by molar-refractivity contribution is -0.146. The van der Waals surface area contributed by atoms with Crippen LogP contribution in [-0.2, 0) is 9.59 Å². The Labute approximate surface area is 148 Å². The molecule has 2 N–H and O–H groups in total. The Morgan fingerprint density at radius 2 is 1.92 bits per heavy atom.